The molecule has 0 bridgehead atoms. The number of nitrogens with zero attached hydrogens (tertiary/aromatic N) is 2. The van der Waals surface area contributed by atoms with Crippen molar-refractivity contribution in [3.05, 3.63) is 0 Å². The molecular weight excluding hydrogens is 268 g/mol. The number of piperidine rings is 1. The molecule has 0 saturated carbocycles. The molecule has 1 N–H and O–H groups in total. The molecule has 0 aromatic rings. The molecule has 2 heterocycles. The second-order valence-corrected chi connectivity index (χ2v) is 6.62. The Balaban J connectivity index is 1.79. The lowest BCUT2D eigenvalue weighted by Gasteiger charge is -2.42. The van der Waals surface area contributed by atoms with Crippen molar-refractivity contribution < 1.29 is 14.6 Å². The average molecular weight is 298 g/mol. The number of amides is 1. The molecule has 0 aromatic carbocycles. The molecule has 2 aliphatic heterocycles. The number of likely N-dealkylation sites (tertiary alicyclic amines) is 2. The van der Waals surface area contributed by atoms with Gasteiger partial charge in [0.2, 0.25) is 5.91 Å². The molecule has 1 amide bonds. The van der Waals surface area contributed by atoms with Crippen LogP contribution in [0.1, 0.15) is 38.5 Å². The van der Waals surface area contributed by atoms with E-state index in [4.69, 9.17) is 4.74 Å². The monoisotopic (exact) mass is 298 g/mol. The Labute approximate surface area is 128 Å². The molecule has 2 aliphatic rings. The maximum Gasteiger partial charge on any atom is 0.222 e. The molecule has 21 heavy (non-hydrogen) atoms. The maximum atomic E-state index is 11.7. The second-order valence-electron chi connectivity index (χ2n) is 6.62. The summed E-state index contributed by atoms with van der Waals surface area (Å²) < 4.78 is 5.14. The summed E-state index contributed by atoms with van der Waals surface area (Å²) in [5, 5.41) is 9.85. The van der Waals surface area contributed by atoms with Crippen LogP contribution in [0.3, 0.4) is 0 Å². The van der Waals surface area contributed by atoms with Gasteiger partial charge in [-0.3, -0.25) is 4.79 Å². The Morgan fingerprint density at radius 1 is 1.29 bits per heavy atom. The summed E-state index contributed by atoms with van der Waals surface area (Å²) in [5.74, 6) is 0.306. The topological polar surface area (TPSA) is 53.0 Å². The quantitative estimate of drug-likeness (QED) is 0.682. The van der Waals surface area contributed by atoms with Gasteiger partial charge >= 0.3 is 0 Å². The number of ether oxygens (including phenoxy) is 1. The van der Waals surface area contributed by atoms with Crippen LogP contribution in [-0.2, 0) is 9.53 Å². The molecule has 2 saturated heterocycles. The Bertz CT molecular complexity index is 337. The maximum absolute atomic E-state index is 11.7. The minimum absolute atomic E-state index is 0.0335. The van der Waals surface area contributed by atoms with E-state index in [2.05, 4.69) is 4.90 Å². The number of methoxy groups -OCH3 is 1. The van der Waals surface area contributed by atoms with Gasteiger partial charge in [-0.25, -0.2) is 0 Å². The molecule has 0 spiro atoms. The van der Waals surface area contributed by atoms with E-state index in [1.165, 1.54) is 0 Å². The number of rotatable bonds is 8. The smallest absolute Gasteiger partial charge is 0.222 e. The molecule has 5 nitrogen and oxygen atoms in total. The van der Waals surface area contributed by atoms with Gasteiger partial charge in [0.15, 0.2) is 0 Å². The van der Waals surface area contributed by atoms with E-state index in [9.17, 15) is 9.90 Å². The van der Waals surface area contributed by atoms with Gasteiger partial charge in [0, 0.05) is 58.3 Å². The number of aliphatic hydroxyl groups excluding tert-OH is 1. The fourth-order valence-electron chi connectivity index (χ4n) is 3.71. The van der Waals surface area contributed by atoms with Gasteiger partial charge in [-0.1, -0.05) is 0 Å². The van der Waals surface area contributed by atoms with Crippen LogP contribution < -0.4 is 0 Å². The lowest BCUT2D eigenvalue weighted by atomic mass is 9.77. The summed E-state index contributed by atoms with van der Waals surface area (Å²) in [5.41, 5.74) is 0.0335. The van der Waals surface area contributed by atoms with Crippen molar-refractivity contribution in [2.75, 3.05) is 53.0 Å². The van der Waals surface area contributed by atoms with E-state index in [-0.39, 0.29) is 12.0 Å². The zero-order valence-electron chi connectivity index (χ0n) is 13.4. The lowest BCUT2D eigenvalue weighted by molar-refractivity contribution is -0.128. The zero-order chi connectivity index (χ0) is 15.1. The molecule has 0 aromatic heterocycles. The Hall–Kier alpha value is -0.650. The summed E-state index contributed by atoms with van der Waals surface area (Å²) in [7, 11) is 1.73. The highest BCUT2D eigenvalue weighted by molar-refractivity contribution is 5.78. The predicted octanol–water partition coefficient (Wildman–Crippen LogP) is 1.11. The van der Waals surface area contributed by atoms with Crippen LogP contribution in [0.15, 0.2) is 0 Å². The number of hydrogen-bond donors (Lipinski definition) is 1. The van der Waals surface area contributed by atoms with Gasteiger partial charge in [-0.2, -0.15) is 0 Å². The van der Waals surface area contributed by atoms with Crippen molar-refractivity contribution in [1.82, 2.24) is 9.80 Å². The third kappa shape index (κ3) is 4.66. The van der Waals surface area contributed by atoms with Crippen LogP contribution in [0.25, 0.3) is 0 Å². The first-order valence-corrected chi connectivity index (χ1v) is 8.29. The molecular formula is C16H30N2O3. The number of carbonyl (C=O) groups is 1. The van der Waals surface area contributed by atoms with Crippen LogP contribution >= 0.6 is 0 Å². The third-order valence-corrected chi connectivity index (χ3v) is 4.99. The Morgan fingerprint density at radius 2 is 2.14 bits per heavy atom. The summed E-state index contributed by atoms with van der Waals surface area (Å²) in [6, 6.07) is 0. The van der Waals surface area contributed by atoms with E-state index in [0.29, 0.717) is 5.91 Å². The van der Waals surface area contributed by atoms with Crippen molar-refractivity contribution in [3.8, 4) is 0 Å². The fraction of sp³-hybridized carbons (Fsp3) is 0.938. The second kappa shape index (κ2) is 8.11. The van der Waals surface area contributed by atoms with Crippen LogP contribution in [0.2, 0.25) is 0 Å². The molecule has 5 heteroatoms. The van der Waals surface area contributed by atoms with Crippen LogP contribution in [0.5, 0.6) is 0 Å². The summed E-state index contributed by atoms with van der Waals surface area (Å²) >= 11 is 0. The largest absolute Gasteiger partial charge is 0.396 e. The fourth-order valence-corrected chi connectivity index (χ4v) is 3.71. The van der Waals surface area contributed by atoms with E-state index in [1.54, 1.807) is 7.11 Å². The normalized spacial score (nSPS) is 27.5. The first-order valence-electron chi connectivity index (χ1n) is 8.29. The predicted molar refractivity (Wildman–Crippen MR) is 82.1 cm³/mol. The van der Waals surface area contributed by atoms with Crippen LogP contribution in [0, 0.1) is 5.41 Å². The Kier molecular flexibility index (Phi) is 6.45. The minimum Gasteiger partial charge on any atom is -0.396 e. The van der Waals surface area contributed by atoms with Crippen molar-refractivity contribution >= 4 is 5.91 Å². The first-order chi connectivity index (χ1) is 10.2. The van der Waals surface area contributed by atoms with Gasteiger partial charge in [0.05, 0.1) is 0 Å². The highest BCUT2D eigenvalue weighted by Gasteiger charge is 2.34. The zero-order valence-corrected chi connectivity index (χ0v) is 13.4. The average Bonchev–Trinajstić information content (AvgIpc) is 2.91. The van der Waals surface area contributed by atoms with Gasteiger partial charge in [0.25, 0.3) is 0 Å². The van der Waals surface area contributed by atoms with Crippen molar-refractivity contribution in [3.63, 3.8) is 0 Å². The van der Waals surface area contributed by atoms with Gasteiger partial charge < -0.3 is 19.6 Å². The van der Waals surface area contributed by atoms with E-state index in [0.717, 1.165) is 77.9 Å². The van der Waals surface area contributed by atoms with E-state index >= 15 is 0 Å². The summed E-state index contributed by atoms with van der Waals surface area (Å²) in [4.78, 5) is 16.1. The third-order valence-electron chi connectivity index (χ3n) is 4.99. The minimum atomic E-state index is 0.0335. The molecule has 122 valence electrons. The lowest BCUT2D eigenvalue weighted by Crippen LogP contribution is -2.47. The van der Waals surface area contributed by atoms with Crippen molar-refractivity contribution in [1.29, 1.82) is 0 Å². The first kappa shape index (κ1) is 16.7. The highest BCUT2D eigenvalue weighted by Crippen LogP contribution is 2.34. The Morgan fingerprint density at radius 3 is 2.81 bits per heavy atom. The van der Waals surface area contributed by atoms with E-state index in [1.807, 2.05) is 4.90 Å². The SMILES string of the molecule is COCCC[C@]1(CO)CCCN(CCN2CCCC2=O)C1. The molecule has 2 fully saturated rings. The standard InChI is InChI=1S/C16H30N2O3/c1-21-12-4-7-16(14-19)6-3-8-17(13-16)10-11-18-9-2-5-15(18)20/h19H,2-14H2,1H3/t16-/m1/s1. The molecule has 2 rings (SSSR count). The van der Waals surface area contributed by atoms with Gasteiger partial charge in [0.1, 0.15) is 0 Å². The van der Waals surface area contributed by atoms with Crippen molar-refractivity contribution in [2.24, 2.45) is 5.41 Å². The molecule has 1 atom stereocenters. The molecule has 0 aliphatic carbocycles. The summed E-state index contributed by atoms with van der Waals surface area (Å²) in [6.45, 7) is 5.78. The van der Waals surface area contributed by atoms with Crippen LogP contribution in [0.4, 0.5) is 0 Å². The molecule has 0 unspecified atom stereocenters. The number of aliphatic hydroxyl groups is 1. The van der Waals surface area contributed by atoms with Crippen LogP contribution in [-0.4, -0.2) is 73.9 Å². The highest BCUT2D eigenvalue weighted by atomic mass is 16.5. The number of hydrogen-bond acceptors (Lipinski definition) is 4. The summed E-state index contributed by atoms with van der Waals surface area (Å²) in [6.07, 6.45) is 6.01. The molecule has 0 radical (unpaired) electrons. The van der Waals surface area contributed by atoms with Crippen molar-refractivity contribution in [2.45, 2.75) is 38.5 Å². The van der Waals surface area contributed by atoms with Gasteiger partial charge in [-0.15, -0.1) is 0 Å². The number of carbonyl (C=O) groups excluding carboxylic acids is 1. The van der Waals surface area contributed by atoms with E-state index < -0.39 is 0 Å². The van der Waals surface area contributed by atoms with Gasteiger partial charge in [-0.05, 0) is 38.6 Å².